The summed E-state index contributed by atoms with van der Waals surface area (Å²) in [5.41, 5.74) is 3.53. The van der Waals surface area contributed by atoms with Crippen LogP contribution in [0.4, 0.5) is 21.7 Å². The van der Waals surface area contributed by atoms with Gasteiger partial charge in [-0.2, -0.15) is 4.98 Å². The van der Waals surface area contributed by atoms with Crippen molar-refractivity contribution in [2.45, 2.75) is 39.0 Å². The lowest BCUT2D eigenvalue weighted by Crippen LogP contribution is -2.47. The standard InChI is InChI=1S/C24H23ClFN5O2/c1-13-31(20-18(25)5-4-6-19(20)26)22(32)16-11-28-23(30-21(16)33-13)29-15-7-8-17-14(9-15)10-27-12-24(17,2)3/h4-9,11,13,27H,10,12H2,1-3H3,(H,28,29,30). The molecule has 7 nitrogen and oxygen atoms in total. The van der Waals surface area contributed by atoms with Crippen molar-refractivity contribution < 1.29 is 13.9 Å². The van der Waals surface area contributed by atoms with Crippen molar-refractivity contribution in [3.63, 3.8) is 0 Å². The van der Waals surface area contributed by atoms with Gasteiger partial charge in [0.05, 0.1) is 5.02 Å². The predicted molar refractivity (Wildman–Crippen MR) is 125 cm³/mol. The fourth-order valence-corrected chi connectivity index (χ4v) is 4.64. The molecule has 2 aliphatic rings. The Morgan fingerprint density at radius 3 is 2.91 bits per heavy atom. The smallest absolute Gasteiger partial charge is 0.268 e. The molecular formula is C24H23ClFN5O2. The van der Waals surface area contributed by atoms with Gasteiger partial charge in [-0.15, -0.1) is 0 Å². The second-order valence-corrected chi connectivity index (χ2v) is 9.27. The molecule has 1 amide bonds. The molecule has 3 aromatic rings. The van der Waals surface area contributed by atoms with Crippen molar-refractivity contribution in [3.8, 4) is 5.88 Å². The summed E-state index contributed by atoms with van der Waals surface area (Å²) in [5, 5.41) is 6.74. The third-order valence-electron chi connectivity index (χ3n) is 6.00. The van der Waals surface area contributed by atoms with Crippen molar-refractivity contribution >= 4 is 34.8 Å². The minimum Gasteiger partial charge on any atom is -0.453 e. The van der Waals surface area contributed by atoms with E-state index in [9.17, 15) is 9.18 Å². The Bertz CT molecular complexity index is 1250. The molecule has 0 bridgehead atoms. The van der Waals surface area contributed by atoms with Crippen LogP contribution in [0, 0.1) is 5.82 Å². The largest absolute Gasteiger partial charge is 0.453 e. The number of para-hydroxylation sites is 1. The van der Waals surface area contributed by atoms with Crippen LogP contribution in [0.25, 0.3) is 0 Å². The molecule has 0 fully saturated rings. The van der Waals surface area contributed by atoms with Crippen LogP contribution in [0.15, 0.2) is 42.6 Å². The van der Waals surface area contributed by atoms with Crippen LogP contribution < -0.4 is 20.3 Å². The van der Waals surface area contributed by atoms with E-state index in [0.29, 0.717) is 5.95 Å². The SMILES string of the molecule is CC1Oc2nc(Nc3ccc4c(c3)CNCC4(C)C)ncc2C(=O)N1c1c(F)cccc1Cl. The maximum Gasteiger partial charge on any atom is 0.268 e. The van der Waals surface area contributed by atoms with E-state index in [0.717, 1.165) is 18.8 Å². The number of carbonyl (C=O) groups excluding carboxylic acids is 1. The minimum atomic E-state index is -0.806. The fourth-order valence-electron chi connectivity index (χ4n) is 4.39. The average molecular weight is 468 g/mol. The Hall–Kier alpha value is -3.23. The monoisotopic (exact) mass is 467 g/mol. The molecule has 0 saturated carbocycles. The van der Waals surface area contributed by atoms with Crippen LogP contribution in [-0.4, -0.2) is 28.6 Å². The lowest BCUT2D eigenvalue weighted by atomic mass is 9.79. The molecule has 0 aliphatic carbocycles. The van der Waals surface area contributed by atoms with E-state index in [2.05, 4.69) is 46.6 Å². The van der Waals surface area contributed by atoms with Crippen molar-refractivity contribution in [1.82, 2.24) is 15.3 Å². The third kappa shape index (κ3) is 3.79. The van der Waals surface area contributed by atoms with Crippen LogP contribution >= 0.6 is 11.6 Å². The number of hydrogen-bond acceptors (Lipinski definition) is 6. The molecule has 1 atom stereocenters. The molecule has 33 heavy (non-hydrogen) atoms. The number of halogens is 2. The highest BCUT2D eigenvalue weighted by Crippen LogP contribution is 2.36. The number of hydrogen-bond donors (Lipinski definition) is 2. The number of nitrogens with zero attached hydrogens (tertiary/aromatic N) is 3. The molecule has 0 saturated heterocycles. The first kappa shape index (κ1) is 21.6. The molecule has 2 aromatic carbocycles. The highest BCUT2D eigenvalue weighted by molar-refractivity contribution is 6.34. The molecule has 9 heteroatoms. The van der Waals surface area contributed by atoms with Gasteiger partial charge in [0, 0.05) is 30.4 Å². The van der Waals surface area contributed by atoms with Gasteiger partial charge in [0.15, 0.2) is 6.23 Å². The topological polar surface area (TPSA) is 79.4 Å². The summed E-state index contributed by atoms with van der Waals surface area (Å²) < 4.78 is 20.3. The van der Waals surface area contributed by atoms with Crippen LogP contribution in [0.5, 0.6) is 5.88 Å². The second-order valence-electron chi connectivity index (χ2n) is 8.86. The average Bonchev–Trinajstić information content (AvgIpc) is 2.75. The number of nitrogens with one attached hydrogen (secondary N) is 2. The number of benzene rings is 2. The van der Waals surface area contributed by atoms with Gasteiger partial charge in [0.1, 0.15) is 17.1 Å². The van der Waals surface area contributed by atoms with E-state index >= 15 is 0 Å². The fraction of sp³-hybridized carbons (Fsp3) is 0.292. The molecular weight excluding hydrogens is 445 g/mol. The Labute approximate surface area is 195 Å². The van der Waals surface area contributed by atoms with Gasteiger partial charge in [-0.3, -0.25) is 9.69 Å². The molecule has 0 radical (unpaired) electrons. The molecule has 3 heterocycles. The zero-order valence-electron chi connectivity index (χ0n) is 18.4. The van der Waals surface area contributed by atoms with Crippen molar-refractivity contribution in [3.05, 3.63) is 70.1 Å². The van der Waals surface area contributed by atoms with Crippen LogP contribution in [0.3, 0.4) is 0 Å². The summed E-state index contributed by atoms with van der Waals surface area (Å²) in [6.45, 7) is 7.79. The normalized spacial score (nSPS) is 18.9. The molecule has 2 N–H and O–H groups in total. The summed E-state index contributed by atoms with van der Waals surface area (Å²) in [6, 6.07) is 10.4. The van der Waals surface area contributed by atoms with Crippen LogP contribution in [-0.2, 0) is 12.0 Å². The molecule has 0 spiro atoms. The Morgan fingerprint density at radius 2 is 2.12 bits per heavy atom. The minimum absolute atomic E-state index is 0.0323. The zero-order valence-corrected chi connectivity index (χ0v) is 19.2. The maximum atomic E-state index is 14.5. The number of aromatic nitrogens is 2. The summed E-state index contributed by atoms with van der Waals surface area (Å²) in [4.78, 5) is 23.0. The number of amides is 1. The van der Waals surface area contributed by atoms with Gasteiger partial charge in [-0.1, -0.05) is 37.6 Å². The first-order valence-electron chi connectivity index (χ1n) is 10.7. The van der Waals surface area contributed by atoms with E-state index in [1.54, 1.807) is 6.92 Å². The van der Waals surface area contributed by atoms with E-state index in [1.807, 2.05) is 6.07 Å². The highest BCUT2D eigenvalue weighted by Gasteiger charge is 2.36. The third-order valence-corrected chi connectivity index (χ3v) is 6.31. The zero-order chi connectivity index (χ0) is 23.3. The van der Waals surface area contributed by atoms with Gasteiger partial charge in [-0.05, 0) is 42.3 Å². The van der Waals surface area contributed by atoms with Gasteiger partial charge in [-0.25, -0.2) is 9.37 Å². The van der Waals surface area contributed by atoms with Gasteiger partial charge < -0.3 is 15.4 Å². The van der Waals surface area contributed by atoms with Crippen molar-refractivity contribution in [1.29, 1.82) is 0 Å². The Morgan fingerprint density at radius 1 is 1.30 bits per heavy atom. The summed E-state index contributed by atoms with van der Waals surface area (Å²) >= 11 is 6.17. The molecule has 1 unspecified atom stereocenters. The van der Waals surface area contributed by atoms with Crippen LogP contribution in [0.2, 0.25) is 5.02 Å². The van der Waals surface area contributed by atoms with E-state index in [1.165, 1.54) is 40.4 Å². The lowest BCUT2D eigenvalue weighted by Gasteiger charge is -2.34. The summed E-state index contributed by atoms with van der Waals surface area (Å²) in [6.07, 6.45) is 0.572. The number of anilines is 3. The summed E-state index contributed by atoms with van der Waals surface area (Å²) in [5.74, 6) is -0.660. The Balaban J connectivity index is 1.43. The first-order chi connectivity index (χ1) is 15.7. The predicted octanol–water partition coefficient (Wildman–Crippen LogP) is 4.78. The van der Waals surface area contributed by atoms with Gasteiger partial charge in [0.2, 0.25) is 11.8 Å². The van der Waals surface area contributed by atoms with Gasteiger partial charge >= 0.3 is 0 Å². The first-order valence-corrected chi connectivity index (χ1v) is 11.0. The van der Waals surface area contributed by atoms with E-state index < -0.39 is 18.0 Å². The maximum absolute atomic E-state index is 14.5. The summed E-state index contributed by atoms with van der Waals surface area (Å²) in [7, 11) is 0. The van der Waals surface area contributed by atoms with Crippen molar-refractivity contribution in [2.24, 2.45) is 0 Å². The molecule has 2 aliphatic heterocycles. The highest BCUT2D eigenvalue weighted by atomic mass is 35.5. The quantitative estimate of drug-likeness (QED) is 0.577. The van der Waals surface area contributed by atoms with E-state index in [4.69, 9.17) is 16.3 Å². The number of rotatable bonds is 3. The number of fused-ring (bicyclic) bond motifs is 2. The van der Waals surface area contributed by atoms with Crippen molar-refractivity contribution in [2.75, 3.05) is 16.8 Å². The van der Waals surface area contributed by atoms with Gasteiger partial charge in [0.25, 0.3) is 5.91 Å². The molecule has 1 aromatic heterocycles. The second kappa shape index (κ2) is 7.97. The van der Waals surface area contributed by atoms with Crippen LogP contribution in [0.1, 0.15) is 42.3 Å². The Kier molecular flexibility index (Phi) is 5.22. The molecule has 170 valence electrons. The van der Waals surface area contributed by atoms with E-state index in [-0.39, 0.29) is 27.6 Å². The molecule has 5 rings (SSSR count). The number of ether oxygens (including phenoxy) is 1. The number of carbonyl (C=O) groups is 1. The lowest BCUT2D eigenvalue weighted by molar-refractivity contribution is 0.0865.